The number of nitrogens with zero attached hydrogens (tertiary/aromatic N) is 2. The molecule has 0 aromatic carbocycles. The van der Waals surface area contributed by atoms with Crippen molar-refractivity contribution in [3.8, 4) is 0 Å². The van der Waals surface area contributed by atoms with Gasteiger partial charge in [-0.15, -0.1) is 0 Å². The first kappa shape index (κ1) is 12.7. The third-order valence-corrected chi connectivity index (χ3v) is 3.43. The van der Waals surface area contributed by atoms with Crippen molar-refractivity contribution < 1.29 is 14.8 Å². The van der Waals surface area contributed by atoms with Crippen molar-refractivity contribution >= 4 is 17.6 Å². The molecule has 0 saturated heterocycles. The highest BCUT2D eigenvalue weighted by Crippen LogP contribution is 2.47. The average molecular weight is 254 g/mol. The Hall–Kier alpha value is -1.79. The third kappa shape index (κ3) is 2.39. The smallest absolute Gasteiger partial charge is 0.239 e. The second kappa shape index (κ2) is 4.47. The molecule has 0 spiro atoms. The molecule has 2 aliphatic carbocycles. The Morgan fingerprint density at radius 2 is 2.11 bits per heavy atom. The maximum Gasteiger partial charge on any atom is 0.239 e. The largest absolute Gasteiger partial charge is 0.409 e. The summed E-state index contributed by atoms with van der Waals surface area (Å²) < 4.78 is 0. The molecule has 0 unspecified atom stereocenters. The summed E-state index contributed by atoms with van der Waals surface area (Å²) in [5.74, 6) is -0.491. The van der Waals surface area contributed by atoms with Gasteiger partial charge in [-0.1, -0.05) is 5.16 Å². The van der Waals surface area contributed by atoms with Gasteiger partial charge in [0.1, 0.15) is 5.41 Å². The van der Waals surface area contributed by atoms with Crippen LogP contribution < -0.4 is 11.1 Å². The van der Waals surface area contributed by atoms with Crippen molar-refractivity contribution in [2.24, 2.45) is 16.3 Å². The van der Waals surface area contributed by atoms with E-state index in [9.17, 15) is 9.59 Å². The van der Waals surface area contributed by atoms with Crippen molar-refractivity contribution in [2.75, 3.05) is 13.6 Å². The zero-order chi connectivity index (χ0) is 13.3. The highest BCUT2D eigenvalue weighted by Gasteiger charge is 2.55. The van der Waals surface area contributed by atoms with Crippen molar-refractivity contribution in [1.82, 2.24) is 10.2 Å². The summed E-state index contributed by atoms with van der Waals surface area (Å²) in [6.45, 7) is 0.00971. The number of carbonyl (C=O) groups excluding carboxylic acids is 2. The van der Waals surface area contributed by atoms with E-state index >= 15 is 0 Å². The summed E-state index contributed by atoms with van der Waals surface area (Å²) in [4.78, 5) is 25.1. The number of rotatable bonds is 5. The van der Waals surface area contributed by atoms with Gasteiger partial charge in [0.05, 0.1) is 6.54 Å². The molecule has 2 fully saturated rings. The Balaban J connectivity index is 1.90. The normalized spacial score (nSPS) is 21.3. The van der Waals surface area contributed by atoms with Crippen molar-refractivity contribution in [1.29, 1.82) is 0 Å². The number of nitrogens with two attached hydrogens (primary N) is 1. The van der Waals surface area contributed by atoms with Crippen LogP contribution in [0, 0.1) is 5.41 Å². The summed E-state index contributed by atoms with van der Waals surface area (Å²) in [5, 5.41) is 14.4. The van der Waals surface area contributed by atoms with E-state index in [1.807, 2.05) is 0 Å². The first-order valence-electron chi connectivity index (χ1n) is 6.02. The molecule has 7 nitrogen and oxygen atoms in total. The molecular formula is C11H18N4O3. The fourth-order valence-electron chi connectivity index (χ4n) is 1.95. The van der Waals surface area contributed by atoms with E-state index in [4.69, 9.17) is 10.9 Å². The fourth-order valence-corrected chi connectivity index (χ4v) is 1.95. The quantitative estimate of drug-likeness (QED) is 0.259. The molecule has 0 aliphatic heterocycles. The number of amidine groups is 1. The molecule has 0 bridgehead atoms. The summed E-state index contributed by atoms with van der Waals surface area (Å²) in [5.41, 5.74) is 4.64. The maximum absolute atomic E-state index is 12.1. The molecule has 0 aromatic heterocycles. The molecule has 100 valence electrons. The Morgan fingerprint density at radius 1 is 1.50 bits per heavy atom. The van der Waals surface area contributed by atoms with E-state index < -0.39 is 5.41 Å². The SMILES string of the molecule is CN(CC(=O)NC1CC1)C(=O)C1(C(N)=NO)CC1. The average Bonchev–Trinajstić information content (AvgIpc) is 3.20. The van der Waals surface area contributed by atoms with E-state index in [-0.39, 0.29) is 30.2 Å². The Morgan fingerprint density at radius 3 is 2.56 bits per heavy atom. The van der Waals surface area contributed by atoms with Gasteiger partial charge in [-0.2, -0.15) is 0 Å². The molecule has 18 heavy (non-hydrogen) atoms. The lowest BCUT2D eigenvalue weighted by molar-refractivity contribution is -0.137. The first-order chi connectivity index (χ1) is 8.49. The van der Waals surface area contributed by atoms with Gasteiger partial charge < -0.3 is 21.2 Å². The van der Waals surface area contributed by atoms with Crippen LogP contribution in [-0.4, -0.2) is 47.4 Å². The van der Waals surface area contributed by atoms with Crippen LogP contribution >= 0.6 is 0 Å². The molecule has 4 N–H and O–H groups in total. The predicted octanol–water partition coefficient (Wildman–Crippen LogP) is -0.750. The van der Waals surface area contributed by atoms with E-state index in [0.29, 0.717) is 12.8 Å². The van der Waals surface area contributed by atoms with Crippen molar-refractivity contribution in [2.45, 2.75) is 31.7 Å². The van der Waals surface area contributed by atoms with Gasteiger partial charge in [0.25, 0.3) is 0 Å². The number of amides is 2. The van der Waals surface area contributed by atoms with E-state index in [1.54, 1.807) is 7.05 Å². The van der Waals surface area contributed by atoms with Crippen LogP contribution in [0.4, 0.5) is 0 Å². The second-order valence-electron chi connectivity index (χ2n) is 5.07. The first-order valence-corrected chi connectivity index (χ1v) is 6.02. The van der Waals surface area contributed by atoms with Gasteiger partial charge in [0.15, 0.2) is 5.84 Å². The van der Waals surface area contributed by atoms with Crippen LogP contribution in [0.1, 0.15) is 25.7 Å². The van der Waals surface area contributed by atoms with Crippen LogP contribution in [0.3, 0.4) is 0 Å². The lowest BCUT2D eigenvalue weighted by Crippen LogP contribution is -2.46. The van der Waals surface area contributed by atoms with Gasteiger partial charge in [0.2, 0.25) is 11.8 Å². The molecule has 0 aromatic rings. The minimum absolute atomic E-state index is 0.00971. The van der Waals surface area contributed by atoms with Gasteiger partial charge in [-0.25, -0.2) is 0 Å². The minimum atomic E-state index is -0.886. The highest BCUT2D eigenvalue weighted by molar-refractivity contribution is 6.09. The number of carbonyl (C=O) groups is 2. The number of hydrogen-bond acceptors (Lipinski definition) is 4. The molecule has 2 saturated carbocycles. The van der Waals surface area contributed by atoms with Crippen LogP contribution in [0.25, 0.3) is 0 Å². The molecule has 2 amide bonds. The van der Waals surface area contributed by atoms with Gasteiger partial charge in [-0.3, -0.25) is 9.59 Å². The molecule has 2 aliphatic rings. The summed E-state index contributed by atoms with van der Waals surface area (Å²) in [6, 6.07) is 0.278. The topological polar surface area (TPSA) is 108 Å². The summed E-state index contributed by atoms with van der Waals surface area (Å²) in [7, 11) is 1.56. The lowest BCUT2D eigenvalue weighted by atomic mass is 10.0. The molecule has 2 rings (SSSR count). The van der Waals surface area contributed by atoms with E-state index in [0.717, 1.165) is 12.8 Å². The molecule has 0 atom stereocenters. The second-order valence-corrected chi connectivity index (χ2v) is 5.07. The zero-order valence-electron chi connectivity index (χ0n) is 10.3. The van der Waals surface area contributed by atoms with Gasteiger partial charge in [-0.05, 0) is 25.7 Å². The molecule has 0 heterocycles. The molecule has 7 heteroatoms. The maximum atomic E-state index is 12.1. The number of oxime groups is 1. The van der Waals surface area contributed by atoms with Gasteiger partial charge in [0, 0.05) is 13.1 Å². The van der Waals surface area contributed by atoms with Crippen LogP contribution in [-0.2, 0) is 9.59 Å². The third-order valence-electron chi connectivity index (χ3n) is 3.43. The minimum Gasteiger partial charge on any atom is -0.409 e. The summed E-state index contributed by atoms with van der Waals surface area (Å²) >= 11 is 0. The Labute approximate surface area is 105 Å². The standard InChI is InChI=1S/C11H18N4O3/c1-15(6-8(16)13-7-2-3-7)10(17)11(4-5-11)9(12)14-18/h7,18H,2-6H2,1H3,(H2,12,14)(H,13,16). The monoisotopic (exact) mass is 254 g/mol. The number of nitrogens with one attached hydrogen (secondary N) is 1. The fraction of sp³-hybridized carbons (Fsp3) is 0.727. The van der Waals surface area contributed by atoms with Crippen LogP contribution in [0.15, 0.2) is 5.16 Å². The zero-order valence-corrected chi connectivity index (χ0v) is 10.3. The Bertz CT molecular complexity index is 399. The Kier molecular flexibility index (Phi) is 3.14. The van der Waals surface area contributed by atoms with E-state index in [1.165, 1.54) is 4.90 Å². The van der Waals surface area contributed by atoms with Crippen molar-refractivity contribution in [3.63, 3.8) is 0 Å². The van der Waals surface area contributed by atoms with E-state index in [2.05, 4.69) is 10.5 Å². The number of likely N-dealkylation sites (N-methyl/N-ethyl adjacent to an activating group) is 1. The summed E-state index contributed by atoms with van der Waals surface area (Å²) in [6.07, 6.45) is 3.15. The number of hydrogen-bond donors (Lipinski definition) is 3. The van der Waals surface area contributed by atoms with Crippen LogP contribution in [0.2, 0.25) is 0 Å². The van der Waals surface area contributed by atoms with Crippen LogP contribution in [0.5, 0.6) is 0 Å². The predicted molar refractivity (Wildman–Crippen MR) is 63.9 cm³/mol. The van der Waals surface area contributed by atoms with Crippen molar-refractivity contribution in [3.05, 3.63) is 0 Å². The lowest BCUT2D eigenvalue weighted by Gasteiger charge is -2.22. The molecular weight excluding hydrogens is 236 g/mol. The van der Waals surface area contributed by atoms with Gasteiger partial charge >= 0.3 is 0 Å². The highest BCUT2D eigenvalue weighted by atomic mass is 16.4. The molecule has 0 radical (unpaired) electrons.